The smallest absolute Gasteiger partial charge is 0.226 e. The number of piperidine rings is 2. The molecule has 5 nitrogen and oxygen atoms in total. The molecule has 2 fully saturated rings. The number of pyridine rings is 1. The zero-order valence-corrected chi connectivity index (χ0v) is 17.1. The molecule has 1 amide bonds. The van der Waals surface area contributed by atoms with Gasteiger partial charge in [0, 0.05) is 44.6 Å². The lowest BCUT2D eigenvalue weighted by Gasteiger charge is -2.42. The number of rotatable bonds is 7. The molecule has 2 saturated heterocycles. The molecular formula is C22H36N4O. The third kappa shape index (κ3) is 5.52. The highest BCUT2D eigenvalue weighted by Gasteiger charge is 2.33. The van der Waals surface area contributed by atoms with E-state index >= 15 is 0 Å². The van der Waals surface area contributed by atoms with Crippen molar-refractivity contribution in [3.63, 3.8) is 0 Å². The van der Waals surface area contributed by atoms with Crippen molar-refractivity contribution in [1.82, 2.24) is 19.7 Å². The molecule has 1 aromatic rings. The van der Waals surface area contributed by atoms with Crippen LogP contribution >= 0.6 is 0 Å². The third-order valence-corrected chi connectivity index (χ3v) is 6.22. The molecule has 27 heavy (non-hydrogen) atoms. The molecule has 3 rings (SSSR count). The fraction of sp³-hybridized carbons (Fsp3) is 0.727. The first-order valence-corrected chi connectivity index (χ1v) is 10.8. The highest BCUT2D eigenvalue weighted by atomic mass is 16.2. The minimum absolute atomic E-state index is 0.208. The summed E-state index contributed by atoms with van der Waals surface area (Å²) in [5.74, 6) is 0.597. The summed E-state index contributed by atoms with van der Waals surface area (Å²) < 4.78 is 0. The third-order valence-electron chi connectivity index (χ3n) is 6.22. The van der Waals surface area contributed by atoms with Gasteiger partial charge in [-0.2, -0.15) is 0 Å². The largest absolute Gasteiger partial charge is 0.343 e. The lowest BCUT2D eigenvalue weighted by Crippen LogP contribution is -2.51. The van der Waals surface area contributed by atoms with Crippen LogP contribution in [-0.2, 0) is 11.3 Å². The summed E-state index contributed by atoms with van der Waals surface area (Å²) in [6, 6.07) is 4.88. The van der Waals surface area contributed by atoms with Crippen molar-refractivity contribution in [3.8, 4) is 0 Å². The summed E-state index contributed by atoms with van der Waals surface area (Å²) in [5, 5.41) is 0. The summed E-state index contributed by atoms with van der Waals surface area (Å²) >= 11 is 0. The Kier molecular flexibility index (Phi) is 7.65. The SMILES string of the molecule is CCCN(CC)C(=O)C1CCCN(C2CCN(Cc3ccncc3)CC2)C1. The van der Waals surface area contributed by atoms with Crippen LogP contribution in [0.15, 0.2) is 24.5 Å². The molecule has 5 heteroatoms. The van der Waals surface area contributed by atoms with Crippen LogP contribution in [0.5, 0.6) is 0 Å². The standard InChI is InChI=1S/C22H36N4O/c1-3-13-25(4-2)22(27)20-6-5-14-26(18-20)21-9-15-24(16-10-21)17-19-7-11-23-12-8-19/h7-8,11-12,20-21H,3-6,9-10,13-18H2,1-2H3. The van der Waals surface area contributed by atoms with Crippen molar-refractivity contribution < 1.29 is 4.79 Å². The predicted octanol–water partition coefficient (Wildman–Crippen LogP) is 3.02. The van der Waals surface area contributed by atoms with E-state index in [1.807, 2.05) is 12.4 Å². The van der Waals surface area contributed by atoms with Gasteiger partial charge in [-0.05, 0) is 76.4 Å². The summed E-state index contributed by atoms with van der Waals surface area (Å²) in [5.41, 5.74) is 1.35. The van der Waals surface area contributed by atoms with Crippen molar-refractivity contribution in [2.24, 2.45) is 5.92 Å². The van der Waals surface area contributed by atoms with Gasteiger partial charge in [-0.3, -0.25) is 19.6 Å². The van der Waals surface area contributed by atoms with Crippen LogP contribution in [0, 0.1) is 5.92 Å². The molecule has 0 aliphatic carbocycles. The molecule has 150 valence electrons. The molecule has 1 atom stereocenters. The zero-order chi connectivity index (χ0) is 19.1. The van der Waals surface area contributed by atoms with Crippen LogP contribution in [0.4, 0.5) is 0 Å². The topological polar surface area (TPSA) is 39.7 Å². The van der Waals surface area contributed by atoms with E-state index in [4.69, 9.17) is 0 Å². The number of aromatic nitrogens is 1. The summed E-state index contributed by atoms with van der Waals surface area (Å²) in [6.07, 6.45) is 9.48. The van der Waals surface area contributed by atoms with Crippen molar-refractivity contribution in [1.29, 1.82) is 0 Å². The average molecular weight is 373 g/mol. The van der Waals surface area contributed by atoms with Crippen LogP contribution in [0.25, 0.3) is 0 Å². The van der Waals surface area contributed by atoms with E-state index in [0.717, 1.165) is 58.5 Å². The van der Waals surface area contributed by atoms with Gasteiger partial charge < -0.3 is 4.90 Å². The molecule has 1 aromatic heterocycles. The fourth-order valence-electron chi connectivity index (χ4n) is 4.68. The first kappa shape index (κ1) is 20.3. The van der Waals surface area contributed by atoms with Crippen molar-refractivity contribution in [2.45, 2.75) is 58.5 Å². The molecule has 3 heterocycles. The first-order chi connectivity index (χ1) is 13.2. The predicted molar refractivity (Wildman–Crippen MR) is 109 cm³/mol. The normalized spacial score (nSPS) is 22.7. The van der Waals surface area contributed by atoms with Gasteiger partial charge in [-0.25, -0.2) is 0 Å². The van der Waals surface area contributed by atoms with Crippen LogP contribution < -0.4 is 0 Å². The van der Waals surface area contributed by atoms with E-state index < -0.39 is 0 Å². The molecule has 0 saturated carbocycles. The Bertz CT molecular complexity index is 571. The van der Waals surface area contributed by atoms with Gasteiger partial charge in [0.05, 0.1) is 5.92 Å². The van der Waals surface area contributed by atoms with E-state index in [1.54, 1.807) is 0 Å². The summed E-state index contributed by atoms with van der Waals surface area (Å²) in [6.45, 7) is 11.5. The van der Waals surface area contributed by atoms with E-state index in [9.17, 15) is 4.79 Å². The number of carbonyl (C=O) groups excluding carboxylic acids is 1. The van der Waals surface area contributed by atoms with E-state index in [2.05, 4.69) is 45.7 Å². The molecule has 0 aromatic carbocycles. The fourth-order valence-corrected chi connectivity index (χ4v) is 4.68. The number of amides is 1. The molecule has 1 unspecified atom stereocenters. The Morgan fingerprint density at radius 3 is 2.56 bits per heavy atom. The molecule has 0 spiro atoms. The summed E-state index contributed by atoms with van der Waals surface area (Å²) in [4.78, 5) is 24.2. The number of carbonyl (C=O) groups is 1. The van der Waals surface area contributed by atoms with Gasteiger partial charge in [0.2, 0.25) is 5.91 Å². The van der Waals surface area contributed by atoms with Gasteiger partial charge in [-0.1, -0.05) is 6.92 Å². The monoisotopic (exact) mass is 372 g/mol. The first-order valence-electron chi connectivity index (χ1n) is 10.8. The Balaban J connectivity index is 1.48. The Morgan fingerprint density at radius 2 is 1.89 bits per heavy atom. The molecule has 0 N–H and O–H groups in total. The van der Waals surface area contributed by atoms with Crippen molar-refractivity contribution >= 4 is 5.91 Å². The lowest BCUT2D eigenvalue weighted by molar-refractivity contribution is -0.137. The van der Waals surface area contributed by atoms with E-state index in [1.165, 1.54) is 24.9 Å². The van der Waals surface area contributed by atoms with Crippen LogP contribution in [0.2, 0.25) is 0 Å². The second kappa shape index (κ2) is 10.2. The second-order valence-corrected chi connectivity index (χ2v) is 8.11. The quantitative estimate of drug-likeness (QED) is 0.738. The Hall–Kier alpha value is -1.46. The number of nitrogens with zero attached hydrogens (tertiary/aromatic N) is 4. The average Bonchev–Trinajstić information content (AvgIpc) is 2.73. The van der Waals surface area contributed by atoms with E-state index in [-0.39, 0.29) is 5.92 Å². The maximum Gasteiger partial charge on any atom is 0.226 e. The van der Waals surface area contributed by atoms with Crippen LogP contribution in [0.3, 0.4) is 0 Å². The van der Waals surface area contributed by atoms with Gasteiger partial charge in [0.25, 0.3) is 0 Å². The van der Waals surface area contributed by atoms with Gasteiger partial charge >= 0.3 is 0 Å². The van der Waals surface area contributed by atoms with Crippen molar-refractivity contribution in [2.75, 3.05) is 39.3 Å². The van der Waals surface area contributed by atoms with Crippen LogP contribution in [0.1, 0.15) is 51.5 Å². The van der Waals surface area contributed by atoms with Crippen molar-refractivity contribution in [3.05, 3.63) is 30.1 Å². The van der Waals surface area contributed by atoms with Gasteiger partial charge in [0.1, 0.15) is 0 Å². The molecular weight excluding hydrogens is 336 g/mol. The maximum atomic E-state index is 12.9. The van der Waals surface area contributed by atoms with Gasteiger partial charge in [0.15, 0.2) is 0 Å². The molecule has 0 radical (unpaired) electrons. The minimum Gasteiger partial charge on any atom is -0.343 e. The minimum atomic E-state index is 0.208. The summed E-state index contributed by atoms with van der Waals surface area (Å²) in [7, 11) is 0. The highest BCUT2D eigenvalue weighted by Crippen LogP contribution is 2.25. The van der Waals surface area contributed by atoms with Crippen LogP contribution in [-0.4, -0.2) is 70.9 Å². The molecule has 2 aliphatic heterocycles. The second-order valence-electron chi connectivity index (χ2n) is 8.11. The molecule has 2 aliphatic rings. The zero-order valence-electron chi connectivity index (χ0n) is 17.1. The Labute approximate surface area is 164 Å². The molecule has 0 bridgehead atoms. The van der Waals surface area contributed by atoms with Gasteiger partial charge in [-0.15, -0.1) is 0 Å². The Morgan fingerprint density at radius 1 is 1.15 bits per heavy atom. The highest BCUT2D eigenvalue weighted by molar-refractivity contribution is 5.79. The lowest BCUT2D eigenvalue weighted by atomic mass is 9.92. The number of hydrogen-bond donors (Lipinski definition) is 0. The number of hydrogen-bond acceptors (Lipinski definition) is 4. The van der Waals surface area contributed by atoms with E-state index in [0.29, 0.717) is 11.9 Å². The maximum absolute atomic E-state index is 12.9. The number of likely N-dealkylation sites (tertiary alicyclic amines) is 2.